The van der Waals surface area contributed by atoms with Gasteiger partial charge >= 0.3 is 0 Å². The summed E-state index contributed by atoms with van der Waals surface area (Å²) in [6.45, 7) is 4.33. The third kappa shape index (κ3) is 2.31. The van der Waals surface area contributed by atoms with E-state index in [1.165, 1.54) is 11.1 Å². The zero-order valence-electron chi connectivity index (χ0n) is 11.7. The Bertz CT molecular complexity index is 767. The van der Waals surface area contributed by atoms with E-state index in [2.05, 4.69) is 41.6 Å². The molecule has 0 amide bonds. The number of aryl methyl sites for hydroxylation is 2. The first-order chi connectivity index (χ1) is 9.66. The quantitative estimate of drug-likeness (QED) is 0.699. The molecular weight excluding hydrogens is 268 g/mol. The van der Waals surface area contributed by atoms with Crippen molar-refractivity contribution >= 4 is 23.3 Å². The summed E-state index contributed by atoms with van der Waals surface area (Å²) in [5.74, 6) is 1.03. The Morgan fingerprint density at radius 2 is 2.15 bits per heavy atom. The average Bonchev–Trinajstić information content (AvgIpc) is 3.03. The normalized spacial score (nSPS) is 12.9. The van der Waals surface area contributed by atoms with Gasteiger partial charge in [0.05, 0.1) is 17.3 Å². The summed E-state index contributed by atoms with van der Waals surface area (Å²) >= 11 is 5.49. The highest BCUT2D eigenvalue weighted by Crippen LogP contribution is 2.25. The fraction of sp³-hybridized carbons (Fsp3) is 0.312. The molecule has 0 saturated carbocycles. The van der Waals surface area contributed by atoms with E-state index in [-0.39, 0.29) is 0 Å². The molecule has 0 aliphatic heterocycles. The van der Waals surface area contributed by atoms with Gasteiger partial charge < -0.3 is 14.0 Å². The zero-order chi connectivity index (χ0) is 14.1. The molecular formula is C16H18N2OS. The monoisotopic (exact) mass is 286 g/mol. The van der Waals surface area contributed by atoms with Crippen LogP contribution in [0.5, 0.6) is 0 Å². The van der Waals surface area contributed by atoms with Crippen LogP contribution in [0, 0.1) is 11.7 Å². The SMILES string of the molecule is Cc1cccc2[nH]c(=S)n(C(C)CCc3ccco3)c12. The first kappa shape index (κ1) is 13.2. The number of furan rings is 1. The molecule has 0 bridgehead atoms. The maximum Gasteiger partial charge on any atom is 0.178 e. The molecule has 0 aliphatic rings. The van der Waals surface area contributed by atoms with Gasteiger partial charge in [0, 0.05) is 12.5 Å². The summed E-state index contributed by atoms with van der Waals surface area (Å²) in [5, 5.41) is 0. The van der Waals surface area contributed by atoms with E-state index < -0.39 is 0 Å². The van der Waals surface area contributed by atoms with Crippen molar-refractivity contribution in [1.29, 1.82) is 0 Å². The van der Waals surface area contributed by atoms with Crippen LogP contribution in [0.25, 0.3) is 11.0 Å². The van der Waals surface area contributed by atoms with Gasteiger partial charge in [-0.3, -0.25) is 0 Å². The molecule has 104 valence electrons. The second-order valence-electron chi connectivity index (χ2n) is 5.24. The van der Waals surface area contributed by atoms with Crippen LogP contribution in [0.1, 0.15) is 30.7 Å². The van der Waals surface area contributed by atoms with E-state index in [1.54, 1.807) is 6.26 Å². The number of aromatic amines is 1. The molecule has 1 N–H and O–H groups in total. The molecule has 1 unspecified atom stereocenters. The first-order valence-electron chi connectivity index (χ1n) is 6.89. The Labute approximate surface area is 123 Å². The minimum atomic E-state index is 0.336. The Hall–Kier alpha value is -1.81. The van der Waals surface area contributed by atoms with Gasteiger partial charge in [-0.15, -0.1) is 0 Å². The van der Waals surface area contributed by atoms with Crippen molar-refractivity contribution in [3.05, 3.63) is 52.7 Å². The summed E-state index contributed by atoms with van der Waals surface area (Å²) in [4.78, 5) is 3.30. The predicted octanol–water partition coefficient (Wildman–Crippen LogP) is 4.79. The van der Waals surface area contributed by atoms with Crippen molar-refractivity contribution in [2.24, 2.45) is 0 Å². The number of nitrogens with one attached hydrogen (secondary N) is 1. The summed E-state index contributed by atoms with van der Waals surface area (Å²) in [6.07, 6.45) is 3.65. The van der Waals surface area contributed by atoms with Gasteiger partial charge in [0.25, 0.3) is 0 Å². The second kappa shape index (κ2) is 5.29. The molecule has 1 atom stereocenters. The number of para-hydroxylation sites is 1. The number of hydrogen-bond donors (Lipinski definition) is 1. The molecule has 0 aliphatic carbocycles. The molecule has 0 radical (unpaired) electrons. The van der Waals surface area contributed by atoms with E-state index >= 15 is 0 Å². The number of H-pyrrole nitrogens is 1. The lowest BCUT2D eigenvalue weighted by atomic mass is 10.1. The van der Waals surface area contributed by atoms with Crippen molar-refractivity contribution in [3.63, 3.8) is 0 Å². The number of hydrogen-bond acceptors (Lipinski definition) is 2. The summed E-state index contributed by atoms with van der Waals surface area (Å²) in [7, 11) is 0. The number of aromatic nitrogens is 2. The van der Waals surface area contributed by atoms with Crippen LogP contribution >= 0.6 is 12.2 Å². The molecule has 3 nitrogen and oxygen atoms in total. The average molecular weight is 286 g/mol. The van der Waals surface area contributed by atoms with Gasteiger partial charge in [0.15, 0.2) is 4.77 Å². The summed E-state index contributed by atoms with van der Waals surface area (Å²) in [6, 6.07) is 10.5. The largest absolute Gasteiger partial charge is 0.469 e. The van der Waals surface area contributed by atoms with Crippen molar-refractivity contribution in [3.8, 4) is 0 Å². The Morgan fingerprint density at radius 3 is 2.90 bits per heavy atom. The van der Waals surface area contributed by atoms with Crippen LogP contribution in [0.3, 0.4) is 0 Å². The zero-order valence-corrected chi connectivity index (χ0v) is 12.5. The van der Waals surface area contributed by atoms with Crippen LogP contribution in [-0.2, 0) is 6.42 Å². The number of nitrogens with zero attached hydrogens (tertiary/aromatic N) is 1. The lowest BCUT2D eigenvalue weighted by Gasteiger charge is -2.15. The molecule has 3 aromatic rings. The standard InChI is InChI=1S/C16H18N2OS/c1-11-5-3-7-14-15(11)18(16(20)17-14)12(2)8-9-13-6-4-10-19-13/h3-7,10,12H,8-9H2,1-2H3,(H,17,20). The topological polar surface area (TPSA) is 33.9 Å². The molecule has 20 heavy (non-hydrogen) atoms. The number of imidazole rings is 1. The van der Waals surface area contributed by atoms with Crippen LogP contribution in [0.4, 0.5) is 0 Å². The van der Waals surface area contributed by atoms with E-state index in [1.807, 2.05) is 12.1 Å². The molecule has 4 heteroatoms. The minimum absolute atomic E-state index is 0.336. The van der Waals surface area contributed by atoms with E-state index in [9.17, 15) is 0 Å². The van der Waals surface area contributed by atoms with Gasteiger partial charge in [-0.25, -0.2) is 0 Å². The van der Waals surface area contributed by atoms with Crippen LogP contribution < -0.4 is 0 Å². The predicted molar refractivity (Wildman–Crippen MR) is 83.6 cm³/mol. The molecule has 3 rings (SSSR count). The molecule has 0 spiro atoms. The smallest absolute Gasteiger partial charge is 0.178 e. The summed E-state index contributed by atoms with van der Waals surface area (Å²) < 4.78 is 8.42. The fourth-order valence-electron chi connectivity index (χ4n) is 2.71. The number of fused-ring (bicyclic) bond motifs is 1. The van der Waals surface area contributed by atoms with E-state index in [0.29, 0.717) is 6.04 Å². The maximum atomic E-state index is 5.49. The van der Waals surface area contributed by atoms with Crippen LogP contribution in [-0.4, -0.2) is 9.55 Å². The molecule has 0 fully saturated rings. The fourth-order valence-corrected chi connectivity index (χ4v) is 3.09. The van der Waals surface area contributed by atoms with Crippen LogP contribution in [0.15, 0.2) is 41.0 Å². The highest BCUT2D eigenvalue weighted by Gasteiger charge is 2.13. The van der Waals surface area contributed by atoms with E-state index in [0.717, 1.165) is 28.9 Å². The minimum Gasteiger partial charge on any atom is -0.469 e. The number of benzene rings is 1. The third-order valence-electron chi connectivity index (χ3n) is 3.77. The van der Waals surface area contributed by atoms with Gasteiger partial charge in [0.2, 0.25) is 0 Å². The molecule has 2 heterocycles. The summed E-state index contributed by atoms with van der Waals surface area (Å²) in [5.41, 5.74) is 3.57. The second-order valence-corrected chi connectivity index (χ2v) is 5.62. The van der Waals surface area contributed by atoms with E-state index in [4.69, 9.17) is 16.6 Å². The Balaban J connectivity index is 1.93. The van der Waals surface area contributed by atoms with Crippen molar-refractivity contribution in [2.45, 2.75) is 32.7 Å². The van der Waals surface area contributed by atoms with Crippen LogP contribution in [0.2, 0.25) is 0 Å². The lowest BCUT2D eigenvalue weighted by Crippen LogP contribution is -2.07. The molecule has 2 aromatic heterocycles. The van der Waals surface area contributed by atoms with Gasteiger partial charge in [-0.05, 0) is 56.2 Å². The highest BCUT2D eigenvalue weighted by atomic mass is 32.1. The van der Waals surface area contributed by atoms with Gasteiger partial charge in [-0.1, -0.05) is 12.1 Å². The highest BCUT2D eigenvalue weighted by molar-refractivity contribution is 7.71. The number of rotatable bonds is 4. The Kier molecular flexibility index (Phi) is 3.49. The third-order valence-corrected chi connectivity index (χ3v) is 4.07. The van der Waals surface area contributed by atoms with Crippen molar-refractivity contribution in [2.75, 3.05) is 0 Å². The first-order valence-corrected chi connectivity index (χ1v) is 7.30. The van der Waals surface area contributed by atoms with Crippen molar-refractivity contribution in [1.82, 2.24) is 9.55 Å². The molecule has 0 saturated heterocycles. The lowest BCUT2D eigenvalue weighted by molar-refractivity contribution is 0.455. The maximum absolute atomic E-state index is 5.49. The van der Waals surface area contributed by atoms with Crippen molar-refractivity contribution < 1.29 is 4.42 Å². The Morgan fingerprint density at radius 1 is 1.30 bits per heavy atom. The molecule has 1 aromatic carbocycles. The van der Waals surface area contributed by atoms with Gasteiger partial charge in [-0.2, -0.15) is 0 Å². The van der Waals surface area contributed by atoms with Gasteiger partial charge in [0.1, 0.15) is 5.76 Å².